The van der Waals surface area contributed by atoms with Gasteiger partial charge >= 0.3 is 0 Å². The summed E-state index contributed by atoms with van der Waals surface area (Å²) in [6.07, 6.45) is 6.42. The molecular weight excluding hydrogens is 360 g/mol. The van der Waals surface area contributed by atoms with Crippen molar-refractivity contribution in [3.05, 3.63) is 54.4 Å². The molecule has 6 heteroatoms. The van der Waals surface area contributed by atoms with Crippen LogP contribution in [-0.2, 0) is 16.4 Å². The lowest BCUT2D eigenvalue weighted by Gasteiger charge is -2.34. The Hall–Kier alpha value is -1.92. The maximum Gasteiger partial charge on any atom is 0.194 e. The summed E-state index contributed by atoms with van der Waals surface area (Å²) in [5, 5.41) is -0.500. The van der Waals surface area contributed by atoms with Gasteiger partial charge < -0.3 is 4.74 Å². The van der Waals surface area contributed by atoms with Gasteiger partial charge in [0.15, 0.2) is 9.84 Å². The van der Waals surface area contributed by atoms with Crippen LogP contribution in [0.3, 0.4) is 0 Å². The van der Waals surface area contributed by atoms with E-state index in [-0.39, 0.29) is 0 Å². The first-order valence-electron chi connectivity index (χ1n) is 9.72. The molecule has 1 aromatic heterocycles. The first kappa shape index (κ1) is 19.8. The average molecular weight is 389 g/mol. The number of pyridine rings is 1. The Morgan fingerprint density at radius 2 is 1.96 bits per heavy atom. The second-order valence-electron chi connectivity index (χ2n) is 6.96. The highest BCUT2D eigenvalue weighted by atomic mass is 32.2. The normalized spacial score (nSPS) is 18.3. The average Bonchev–Trinajstić information content (AvgIpc) is 2.70. The number of benzene rings is 1. The summed E-state index contributed by atoms with van der Waals surface area (Å²) in [5.74, 6) is 0.719. The molecule has 1 atom stereocenters. The van der Waals surface area contributed by atoms with Crippen molar-refractivity contribution in [2.45, 2.75) is 55.8 Å². The van der Waals surface area contributed by atoms with E-state index in [2.05, 4.69) is 11.9 Å². The minimum Gasteiger partial charge on any atom is -0.494 e. The summed E-state index contributed by atoms with van der Waals surface area (Å²) in [6, 6.07) is 12.6. The Labute approximate surface area is 162 Å². The van der Waals surface area contributed by atoms with Gasteiger partial charge in [-0.1, -0.05) is 19.4 Å². The number of nitrogens with zero attached hydrogens (tertiary/aromatic N) is 2. The lowest BCUT2D eigenvalue weighted by molar-refractivity contribution is 0.188. The van der Waals surface area contributed by atoms with Gasteiger partial charge in [-0.2, -0.15) is 0 Å². The number of piperidine rings is 1. The second kappa shape index (κ2) is 9.33. The van der Waals surface area contributed by atoms with Gasteiger partial charge in [0.05, 0.1) is 17.2 Å². The SMILES string of the molecule is CCCCOc1ccc(S(=O)(=O)C2CCCCN2Cc2ccccn2)cc1. The molecule has 0 amide bonds. The Balaban J connectivity index is 1.75. The Kier molecular flexibility index (Phi) is 6.85. The van der Waals surface area contributed by atoms with Crippen molar-refractivity contribution >= 4 is 9.84 Å². The molecule has 0 aliphatic carbocycles. The fraction of sp³-hybridized carbons (Fsp3) is 0.476. The van der Waals surface area contributed by atoms with Gasteiger partial charge in [0, 0.05) is 12.7 Å². The van der Waals surface area contributed by atoms with E-state index in [0.29, 0.717) is 24.5 Å². The molecule has 1 aromatic carbocycles. The van der Waals surface area contributed by atoms with Crippen molar-refractivity contribution in [2.75, 3.05) is 13.2 Å². The predicted octanol–water partition coefficient (Wildman–Crippen LogP) is 4.05. The number of hydrogen-bond acceptors (Lipinski definition) is 5. The Bertz CT molecular complexity index is 807. The molecular formula is C21H28N2O3S. The predicted molar refractivity (Wildman–Crippen MR) is 106 cm³/mol. The number of sulfone groups is 1. The van der Waals surface area contributed by atoms with Crippen LogP contribution in [-0.4, -0.2) is 36.8 Å². The molecule has 0 saturated carbocycles. The number of hydrogen-bond donors (Lipinski definition) is 0. The van der Waals surface area contributed by atoms with E-state index in [1.54, 1.807) is 30.5 Å². The van der Waals surface area contributed by atoms with Gasteiger partial charge in [0.25, 0.3) is 0 Å². The van der Waals surface area contributed by atoms with Crippen molar-refractivity contribution < 1.29 is 13.2 Å². The summed E-state index contributed by atoms with van der Waals surface area (Å²) >= 11 is 0. The maximum atomic E-state index is 13.3. The highest BCUT2D eigenvalue weighted by Gasteiger charge is 2.34. The summed E-state index contributed by atoms with van der Waals surface area (Å²) in [4.78, 5) is 6.77. The highest BCUT2D eigenvalue weighted by Crippen LogP contribution is 2.29. The van der Waals surface area contributed by atoms with Crippen molar-refractivity contribution in [1.29, 1.82) is 0 Å². The van der Waals surface area contributed by atoms with Gasteiger partial charge in [-0.3, -0.25) is 9.88 Å². The summed E-state index contributed by atoms with van der Waals surface area (Å²) in [6.45, 7) is 4.10. The molecule has 1 unspecified atom stereocenters. The largest absolute Gasteiger partial charge is 0.494 e. The Morgan fingerprint density at radius 3 is 2.67 bits per heavy atom. The number of rotatable bonds is 8. The maximum absolute atomic E-state index is 13.3. The third kappa shape index (κ3) is 5.08. The van der Waals surface area contributed by atoms with Gasteiger partial charge in [0.1, 0.15) is 11.1 Å². The molecule has 1 aliphatic heterocycles. The quantitative estimate of drug-likeness (QED) is 0.639. The topological polar surface area (TPSA) is 59.5 Å². The monoisotopic (exact) mass is 388 g/mol. The summed E-state index contributed by atoms with van der Waals surface area (Å²) in [5.41, 5.74) is 0.902. The fourth-order valence-corrected chi connectivity index (χ4v) is 5.29. The van der Waals surface area contributed by atoms with E-state index in [1.807, 2.05) is 23.1 Å². The van der Waals surface area contributed by atoms with Crippen LogP contribution in [0, 0.1) is 0 Å². The summed E-state index contributed by atoms with van der Waals surface area (Å²) < 4.78 is 32.2. The van der Waals surface area contributed by atoms with Gasteiger partial charge in [-0.05, 0) is 68.6 Å². The van der Waals surface area contributed by atoms with Crippen LogP contribution >= 0.6 is 0 Å². The van der Waals surface area contributed by atoms with Crippen LogP contribution in [0.4, 0.5) is 0 Å². The molecule has 1 saturated heterocycles. The van der Waals surface area contributed by atoms with Crippen LogP contribution in [0.15, 0.2) is 53.6 Å². The van der Waals surface area contributed by atoms with E-state index in [9.17, 15) is 8.42 Å². The van der Waals surface area contributed by atoms with E-state index in [4.69, 9.17) is 4.74 Å². The van der Waals surface area contributed by atoms with Gasteiger partial charge in [-0.25, -0.2) is 8.42 Å². The molecule has 1 fully saturated rings. The zero-order valence-corrected chi connectivity index (χ0v) is 16.7. The lowest BCUT2D eigenvalue weighted by Crippen LogP contribution is -2.44. The molecule has 5 nitrogen and oxygen atoms in total. The second-order valence-corrected chi connectivity index (χ2v) is 9.07. The van der Waals surface area contributed by atoms with E-state index < -0.39 is 15.2 Å². The molecule has 2 aromatic rings. The highest BCUT2D eigenvalue weighted by molar-refractivity contribution is 7.92. The van der Waals surface area contributed by atoms with E-state index in [0.717, 1.165) is 43.7 Å². The van der Waals surface area contributed by atoms with E-state index in [1.165, 1.54) is 0 Å². The van der Waals surface area contributed by atoms with Crippen LogP contribution in [0.5, 0.6) is 5.75 Å². The standard InChI is InChI=1S/C21H28N2O3S/c1-2-3-16-26-19-10-12-20(13-11-19)27(24,25)21-9-5-7-15-23(21)17-18-8-4-6-14-22-18/h4,6,8,10-14,21H,2-3,5,7,9,15-17H2,1H3. The zero-order valence-electron chi connectivity index (χ0n) is 15.9. The van der Waals surface area contributed by atoms with E-state index >= 15 is 0 Å². The molecule has 0 N–H and O–H groups in total. The summed E-state index contributed by atoms with van der Waals surface area (Å²) in [7, 11) is -3.43. The third-order valence-corrected chi connectivity index (χ3v) is 7.10. The number of likely N-dealkylation sites (tertiary alicyclic amines) is 1. The first-order valence-corrected chi connectivity index (χ1v) is 11.3. The number of ether oxygens (including phenoxy) is 1. The van der Waals surface area contributed by atoms with Crippen LogP contribution < -0.4 is 4.74 Å². The van der Waals surface area contributed by atoms with Gasteiger partial charge in [0.2, 0.25) is 0 Å². The molecule has 146 valence electrons. The minimum absolute atomic E-state index is 0.364. The van der Waals surface area contributed by atoms with Crippen LogP contribution in [0.1, 0.15) is 44.7 Å². The smallest absolute Gasteiger partial charge is 0.194 e. The van der Waals surface area contributed by atoms with Crippen LogP contribution in [0.2, 0.25) is 0 Å². The van der Waals surface area contributed by atoms with Crippen molar-refractivity contribution in [3.63, 3.8) is 0 Å². The number of aromatic nitrogens is 1. The van der Waals surface area contributed by atoms with Crippen molar-refractivity contribution in [2.24, 2.45) is 0 Å². The molecule has 2 heterocycles. The first-order chi connectivity index (χ1) is 13.1. The molecule has 3 rings (SSSR count). The van der Waals surface area contributed by atoms with Crippen LogP contribution in [0.25, 0.3) is 0 Å². The molecule has 1 aliphatic rings. The third-order valence-electron chi connectivity index (χ3n) is 4.92. The van der Waals surface area contributed by atoms with Gasteiger partial charge in [-0.15, -0.1) is 0 Å². The molecule has 0 spiro atoms. The van der Waals surface area contributed by atoms with Crippen molar-refractivity contribution in [3.8, 4) is 5.75 Å². The molecule has 0 bridgehead atoms. The lowest BCUT2D eigenvalue weighted by atomic mass is 10.1. The zero-order chi connectivity index (χ0) is 19.1. The minimum atomic E-state index is -3.43. The molecule has 0 radical (unpaired) electrons. The molecule has 27 heavy (non-hydrogen) atoms. The fourth-order valence-electron chi connectivity index (χ4n) is 3.41. The Morgan fingerprint density at radius 1 is 1.15 bits per heavy atom. The van der Waals surface area contributed by atoms with Crippen molar-refractivity contribution in [1.82, 2.24) is 9.88 Å². The number of unbranched alkanes of at least 4 members (excludes halogenated alkanes) is 1.